The highest BCUT2D eigenvalue weighted by atomic mass is 35.5. The zero-order valence-corrected chi connectivity index (χ0v) is 19.0. The number of hydrogen-bond acceptors (Lipinski definition) is 4. The Balaban J connectivity index is 1.26. The van der Waals surface area contributed by atoms with Crippen LogP contribution in [0.15, 0.2) is 48.5 Å². The van der Waals surface area contributed by atoms with Gasteiger partial charge >= 0.3 is 0 Å². The summed E-state index contributed by atoms with van der Waals surface area (Å²) < 4.78 is 5.40. The molecule has 0 saturated carbocycles. The zero-order valence-electron chi connectivity index (χ0n) is 18.3. The normalized spacial score (nSPS) is 19.5. The average molecular weight is 456 g/mol. The van der Waals surface area contributed by atoms with Crippen LogP contribution >= 0.6 is 11.6 Å². The molecule has 4 rings (SSSR count). The molecule has 1 N–H and O–H groups in total. The molecule has 2 fully saturated rings. The summed E-state index contributed by atoms with van der Waals surface area (Å²) in [4.78, 5) is 29.7. The Hall–Kier alpha value is -2.41. The molecule has 2 amide bonds. The van der Waals surface area contributed by atoms with Crippen molar-refractivity contribution in [1.82, 2.24) is 15.1 Å². The fourth-order valence-corrected chi connectivity index (χ4v) is 4.39. The van der Waals surface area contributed by atoms with Crippen LogP contribution in [-0.2, 0) is 22.6 Å². The minimum absolute atomic E-state index is 0.0102. The maximum Gasteiger partial charge on any atom is 0.253 e. The molecule has 170 valence electrons. The Bertz CT molecular complexity index is 911. The number of likely N-dealkylation sites (tertiary alicyclic amines) is 1. The fourth-order valence-electron chi connectivity index (χ4n) is 4.26. The van der Waals surface area contributed by atoms with Gasteiger partial charge in [-0.1, -0.05) is 35.9 Å². The van der Waals surface area contributed by atoms with Crippen molar-refractivity contribution >= 4 is 23.4 Å². The van der Waals surface area contributed by atoms with Crippen LogP contribution in [0.3, 0.4) is 0 Å². The number of carbonyl (C=O) groups excluding carboxylic acids is 2. The van der Waals surface area contributed by atoms with Crippen molar-refractivity contribution < 1.29 is 14.3 Å². The standard InChI is InChI=1S/C25H30ClN3O3/c26-23-9-7-21(8-10-23)25(31)29-11-1-2-22(18-29)24(30)27-16-19-3-5-20(6-4-19)17-28-12-14-32-15-13-28/h3-10,22H,1-2,11-18H2,(H,27,30). The van der Waals surface area contributed by atoms with Crippen molar-refractivity contribution in [2.24, 2.45) is 5.92 Å². The lowest BCUT2D eigenvalue weighted by Gasteiger charge is -2.32. The van der Waals surface area contributed by atoms with E-state index in [4.69, 9.17) is 16.3 Å². The van der Waals surface area contributed by atoms with Crippen molar-refractivity contribution in [2.45, 2.75) is 25.9 Å². The van der Waals surface area contributed by atoms with Crippen LogP contribution in [0.1, 0.15) is 34.3 Å². The minimum atomic E-state index is -0.180. The molecule has 2 aromatic rings. The summed E-state index contributed by atoms with van der Waals surface area (Å²) >= 11 is 5.92. The number of piperidine rings is 1. The third-order valence-corrected chi connectivity index (χ3v) is 6.42. The van der Waals surface area contributed by atoms with E-state index in [2.05, 4.69) is 34.5 Å². The summed E-state index contributed by atoms with van der Waals surface area (Å²) in [5.41, 5.74) is 2.95. The van der Waals surface area contributed by atoms with Crippen molar-refractivity contribution in [1.29, 1.82) is 0 Å². The molecule has 2 aliphatic heterocycles. The number of rotatable bonds is 6. The molecule has 6 nitrogen and oxygen atoms in total. The first kappa shape index (κ1) is 22.8. The second-order valence-electron chi connectivity index (χ2n) is 8.52. The smallest absolute Gasteiger partial charge is 0.253 e. The van der Waals surface area contributed by atoms with Gasteiger partial charge in [0.2, 0.25) is 5.91 Å². The highest BCUT2D eigenvalue weighted by molar-refractivity contribution is 6.30. The molecule has 1 unspecified atom stereocenters. The number of hydrogen-bond donors (Lipinski definition) is 1. The topological polar surface area (TPSA) is 61.9 Å². The van der Waals surface area contributed by atoms with Crippen LogP contribution < -0.4 is 5.32 Å². The molecule has 2 aliphatic rings. The molecule has 2 saturated heterocycles. The second-order valence-corrected chi connectivity index (χ2v) is 8.96. The van der Waals surface area contributed by atoms with Crippen molar-refractivity contribution in [3.8, 4) is 0 Å². The summed E-state index contributed by atoms with van der Waals surface area (Å²) in [5, 5.41) is 3.66. The lowest BCUT2D eigenvalue weighted by Crippen LogP contribution is -2.45. The van der Waals surface area contributed by atoms with E-state index in [0.29, 0.717) is 30.2 Å². The van der Waals surface area contributed by atoms with Crippen LogP contribution in [0.4, 0.5) is 0 Å². The third-order valence-electron chi connectivity index (χ3n) is 6.17. The van der Waals surface area contributed by atoms with Crippen LogP contribution in [0.25, 0.3) is 0 Å². The summed E-state index contributed by atoms with van der Waals surface area (Å²) in [5.74, 6) is -0.216. The van der Waals surface area contributed by atoms with Gasteiger partial charge < -0.3 is 15.0 Å². The number of carbonyl (C=O) groups is 2. The molecular formula is C25H30ClN3O3. The SMILES string of the molecule is O=C(NCc1ccc(CN2CCOCC2)cc1)C1CCCN(C(=O)c2ccc(Cl)cc2)C1. The number of benzene rings is 2. The Morgan fingerprint density at radius 3 is 2.38 bits per heavy atom. The number of nitrogens with one attached hydrogen (secondary N) is 1. The van der Waals surface area contributed by atoms with Gasteiger partial charge in [0.25, 0.3) is 5.91 Å². The molecule has 32 heavy (non-hydrogen) atoms. The number of ether oxygens (including phenoxy) is 1. The van der Waals surface area contributed by atoms with E-state index in [1.807, 2.05) is 0 Å². The van der Waals surface area contributed by atoms with Gasteiger partial charge in [-0.05, 0) is 48.2 Å². The minimum Gasteiger partial charge on any atom is -0.379 e. The summed E-state index contributed by atoms with van der Waals surface area (Å²) in [6.07, 6.45) is 1.63. The number of morpholine rings is 1. The second kappa shape index (κ2) is 10.9. The van der Waals surface area contributed by atoms with E-state index in [-0.39, 0.29) is 17.7 Å². The Morgan fingerprint density at radius 1 is 0.969 bits per heavy atom. The molecule has 7 heteroatoms. The van der Waals surface area contributed by atoms with Crippen molar-refractivity contribution in [3.63, 3.8) is 0 Å². The van der Waals surface area contributed by atoms with E-state index in [1.165, 1.54) is 5.56 Å². The molecule has 0 spiro atoms. The fraction of sp³-hybridized carbons (Fsp3) is 0.440. The van der Waals surface area contributed by atoms with Gasteiger partial charge in [-0.15, -0.1) is 0 Å². The highest BCUT2D eigenvalue weighted by Gasteiger charge is 2.28. The molecule has 1 atom stereocenters. The zero-order chi connectivity index (χ0) is 22.3. The van der Waals surface area contributed by atoms with Gasteiger partial charge in [-0.25, -0.2) is 0 Å². The quantitative estimate of drug-likeness (QED) is 0.725. The van der Waals surface area contributed by atoms with E-state index < -0.39 is 0 Å². The predicted molar refractivity (Wildman–Crippen MR) is 124 cm³/mol. The summed E-state index contributed by atoms with van der Waals surface area (Å²) in [6, 6.07) is 15.3. The molecular weight excluding hydrogens is 426 g/mol. The van der Waals surface area contributed by atoms with E-state index in [0.717, 1.165) is 51.3 Å². The van der Waals surface area contributed by atoms with Crippen LogP contribution in [0, 0.1) is 5.92 Å². The lowest BCUT2D eigenvalue weighted by atomic mass is 9.96. The van der Waals surface area contributed by atoms with Gasteiger partial charge in [-0.3, -0.25) is 14.5 Å². The monoisotopic (exact) mass is 455 g/mol. The van der Waals surface area contributed by atoms with Crippen LogP contribution in [-0.4, -0.2) is 61.0 Å². The molecule has 0 radical (unpaired) electrons. The predicted octanol–water partition coefficient (Wildman–Crippen LogP) is 3.34. The maximum absolute atomic E-state index is 12.8. The average Bonchev–Trinajstić information content (AvgIpc) is 2.84. The first-order valence-corrected chi connectivity index (χ1v) is 11.7. The van der Waals surface area contributed by atoms with Gasteiger partial charge in [-0.2, -0.15) is 0 Å². The maximum atomic E-state index is 12.8. The molecule has 0 aromatic heterocycles. The van der Waals surface area contributed by atoms with Crippen LogP contribution in [0.2, 0.25) is 5.02 Å². The first-order chi connectivity index (χ1) is 15.6. The molecule has 2 aromatic carbocycles. The molecule has 0 aliphatic carbocycles. The van der Waals surface area contributed by atoms with Gasteiger partial charge in [0.15, 0.2) is 0 Å². The van der Waals surface area contributed by atoms with Crippen molar-refractivity contribution in [2.75, 3.05) is 39.4 Å². The summed E-state index contributed by atoms with van der Waals surface area (Å²) in [6.45, 7) is 6.09. The van der Waals surface area contributed by atoms with Crippen LogP contribution in [0.5, 0.6) is 0 Å². The Morgan fingerprint density at radius 2 is 1.66 bits per heavy atom. The van der Waals surface area contributed by atoms with E-state index in [1.54, 1.807) is 29.2 Å². The molecule has 2 heterocycles. The lowest BCUT2D eigenvalue weighted by molar-refractivity contribution is -0.126. The summed E-state index contributed by atoms with van der Waals surface area (Å²) in [7, 11) is 0. The largest absolute Gasteiger partial charge is 0.379 e. The van der Waals surface area contributed by atoms with Crippen molar-refractivity contribution in [3.05, 3.63) is 70.2 Å². The number of nitrogens with zero attached hydrogens (tertiary/aromatic N) is 2. The molecule has 0 bridgehead atoms. The third kappa shape index (κ3) is 6.09. The first-order valence-electron chi connectivity index (χ1n) is 11.3. The van der Waals surface area contributed by atoms with Gasteiger partial charge in [0.1, 0.15) is 0 Å². The highest BCUT2D eigenvalue weighted by Crippen LogP contribution is 2.20. The van der Waals surface area contributed by atoms with Gasteiger partial charge in [0, 0.05) is 49.9 Å². The van der Waals surface area contributed by atoms with E-state index in [9.17, 15) is 9.59 Å². The Kier molecular flexibility index (Phi) is 7.79. The number of halogens is 1. The van der Waals surface area contributed by atoms with E-state index >= 15 is 0 Å². The number of amides is 2. The van der Waals surface area contributed by atoms with Gasteiger partial charge in [0.05, 0.1) is 19.1 Å². The Labute approximate surface area is 194 Å².